The number of ether oxygens (including phenoxy) is 1. The molecule has 0 aliphatic heterocycles. The predicted octanol–water partition coefficient (Wildman–Crippen LogP) is 2.44. The van der Waals surface area contributed by atoms with Crippen molar-refractivity contribution in [1.82, 2.24) is 9.78 Å². The Kier molecular flexibility index (Phi) is 4.29. The molecule has 6 nitrogen and oxygen atoms in total. The van der Waals surface area contributed by atoms with Gasteiger partial charge in [-0.25, -0.2) is 9.48 Å². The Bertz CT molecular complexity index is 639. The van der Waals surface area contributed by atoms with Gasteiger partial charge in [0.25, 0.3) is 0 Å². The number of nitrogens with two attached hydrogens (primary N) is 1. The van der Waals surface area contributed by atoms with Crippen LogP contribution in [0.4, 0.5) is 11.6 Å². The molecule has 1 heterocycles. The molecule has 20 heavy (non-hydrogen) atoms. The van der Waals surface area contributed by atoms with Crippen LogP contribution in [0.25, 0.3) is 5.69 Å². The second kappa shape index (κ2) is 5.96. The van der Waals surface area contributed by atoms with Gasteiger partial charge in [0.15, 0.2) is 5.82 Å². The zero-order chi connectivity index (χ0) is 14.7. The lowest BCUT2D eigenvalue weighted by Gasteiger charge is -2.04. The fourth-order valence-corrected chi connectivity index (χ4v) is 2.22. The molecule has 7 heteroatoms. The monoisotopic (exact) mass is 338 g/mol. The Morgan fingerprint density at radius 1 is 1.55 bits per heavy atom. The maximum atomic E-state index is 11.8. The summed E-state index contributed by atoms with van der Waals surface area (Å²) >= 11 is 3.39. The van der Waals surface area contributed by atoms with Crippen LogP contribution in [0.2, 0.25) is 0 Å². The van der Waals surface area contributed by atoms with Crippen molar-refractivity contribution in [3.8, 4) is 5.69 Å². The lowest BCUT2D eigenvalue weighted by atomic mass is 10.3. The zero-order valence-electron chi connectivity index (χ0n) is 11.2. The number of nitrogen functional groups attached to an aromatic ring is 1. The van der Waals surface area contributed by atoms with Gasteiger partial charge in [-0.15, -0.1) is 5.10 Å². The van der Waals surface area contributed by atoms with Gasteiger partial charge in [-0.1, -0.05) is 22.0 Å². The van der Waals surface area contributed by atoms with Gasteiger partial charge in [0.05, 0.1) is 12.8 Å². The summed E-state index contributed by atoms with van der Waals surface area (Å²) in [5, 5.41) is 7.35. The van der Waals surface area contributed by atoms with E-state index in [0.717, 1.165) is 10.2 Å². The summed E-state index contributed by atoms with van der Waals surface area (Å²) in [4.78, 5) is 11.8. The minimum Gasteiger partial charge on any atom is -0.465 e. The standard InChI is InChI=1S/C13H15BrN4O2/c1-3-16-12-10(13(19)20-2)11(15)18(17-12)9-6-4-5-8(14)7-9/h4-7H,3,15H2,1-2H3,(H,16,17). The van der Waals surface area contributed by atoms with Crippen molar-refractivity contribution in [2.24, 2.45) is 0 Å². The van der Waals surface area contributed by atoms with Gasteiger partial charge in [0.2, 0.25) is 0 Å². The highest BCUT2D eigenvalue weighted by atomic mass is 79.9. The Hall–Kier alpha value is -2.02. The molecule has 1 aromatic heterocycles. The van der Waals surface area contributed by atoms with E-state index in [2.05, 4.69) is 26.3 Å². The molecule has 106 valence electrons. The average Bonchev–Trinajstić information content (AvgIpc) is 2.75. The molecule has 0 unspecified atom stereocenters. The molecule has 1 aromatic carbocycles. The summed E-state index contributed by atoms with van der Waals surface area (Å²) in [5.41, 5.74) is 7.04. The number of esters is 1. The highest BCUT2D eigenvalue weighted by Crippen LogP contribution is 2.26. The number of aromatic nitrogens is 2. The fraction of sp³-hybridized carbons (Fsp3) is 0.231. The highest BCUT2D eigenvalue weighted by molar-refractivity contribution is 9.10. The maximum Gasteiger partial charge on any atom is 0.345 e. The molecule has 0 fully saturated rings. The van der Waals surface area contributed by atoms with E-state index in [-0.39, 0.29) is 11.4 Å². The van der Waals surface area contributed by atoms with E-state index in [1.807, 2.05) is 31.2 Å². The van der Waals surface area contributed by atoms with Gasteiger partial charge < -0.3 is 15.8 Å². The van der Waals surface area contributed by atoms with Gasteiger partial charge in [0, 0.05) is 11.0 Å². The smallest absolute Gasteiger partial charge is 0.345 e. The summed E-state index contributed by atoms with van der Waals surface area (Å²) in [6, 6.07) is 7.48. The summed E-state index contributed by atoms with van der Waals surface area (Å²) < 4.78 is 7.16. The van der Waals surface area contributed by atoms with E-state index in [1.165, 1.54) is 11.8 Å². The van der Waals surface area contributed by atoms with Gasteiger partial charge in [0.1, 0.15) is 11.4 Å². The van der Waals surface area contributed by atoms with Crippen LogP contribution in [-0.2, 0) is 4.74 Å². The number of hydrogen-bond donors (Lipinski definition) is 2. The Labute approximate surface area is 125 Å². The number of methoxy groups -OCH3 is 1. The third-order valence-corrected chi connectivity index (χ3v) is 3.20. The number of benzene rings is 1. The largest absolute Gasteiger partial charge is 0.465 e. The van der Waals surface area contributed by atoms with Gasteiger partial charge in [-0.2, -0.15) is 0 Å². The van der Waals surface area contributed by atoms with Crippen LogP contribution in [0.15, 0.2) is 28.7 Å². The molecular formula is C13H15BrN4O2. The van der Waals surface area contributed by atoms with E-state index in [9.17, 15) is 4.79 Å². The first kappa shape index (κ1) is 14.4. The average molecular weight is 339 g/mol. The Morgan fingerprint density at radius 3 is 2.90 bits per heavy atom. The molecule has 0 amide bonds. The van der Waals surface area contributed by atoms with Crippen molar-refractivity contribution >= 4 is 33.5 Å². The maximum absolute atomic E-state index is 11.8. The van der Waals surface area contributed by atoms with Crippen LogP contribution in [0.1, 0.15) is 17.3 Å². The minimum atomic E-state index is -0.514. The van der Waals surface area contributed by atoms with Crippen LogP contribution >= 0.6 is 15.9 Å². The van der Waals surface area contributed by atoms with Crippen LogP contribution in [0, 0.1) is 0 Å². The number of halogens is 1. The van der Waals surface area contributed by atoms with Crippen molar-refractivity contribution in [2.45, 2.75) is 6.92 Å². The van der Waals surface area contributed by atoms with Crippen molar-refractivity contribution in [3.05, 3.63) is 34.3 Å². The second-order valence-corrected chi connectivity index (χ2v) is 4.94. The molecular weight excluding hydrogens is 324 g/mol. The normalized spacial score (nSPS) is 10.3. The summed E-state index contributed by atoms with van der Waals surface area (Å²) in [5.74, 6) is 0.141. The topological polar surface area (TPSA) is 82.2 Å². The Morgan fingerprint density at radius 2 is 2.30 bits per heavy atom. The van der Waals surface area contributed by atoms with Crippen molar-refractivity contribution in [2.75, 3.05) is 24.7 Å². The van der Waals surface area contributed by atoms with E-state index in [0.29, 0.717) is 12.4 Å². The van der Waals surface area contributed by atoms with Crippen LogP contribution in [0.5, 0.6) is 0 Å². The third-order valence-electron chi connectivity index (χ3n) is 2.71. The highest BCUT2D eigenvalue weighted by Gasteiger charge is 2.23. The molecule has 0 saturated heterocycles. The number of carbonyl (C=O) groups excluding carboxylic acids is 1. The van der Waals surface area contributed by atoms with Crippen molar-refractivity contribution in [1.29, 1.82) is 0 Å². The minimum absolute atomic E-state index is 0.242. The number of anilines is 2. The second-order valence-electron chi connectivity index (χ2n) is 4.02. The van der Waals surface area contributed by atoms with E-state index in [1.54, 1.807) is 0 Å². The lowest BCUT2D eigenvalue weighted by Crippen LogP contribution is -2.09. The Balaban J connectivity index is 2.58. The lowest BCUT2D eigenvalue weighted by molar-refractivity contribution is 0.0603. The predicted molar refractivity (Wildman–Crippen MR) is 81.2 cm³/mol. The van der Waals surface area contributed by atoms with E-state index in [4.69, 9.17) is 10.5 Å². The van der Waals surface area contributed by atoms with E-state index < -0.39 is 5.97 Å². The number of carbonyl (C=O) groups is 1. The molecule has 2 rings (SSSR count). The zero-order valence-corrected chi connectivity index (χ0v) is 12.8. The molecule has 0 atom stereocenters. The van der Waals surface area contributed by atoms with Crippen LogP contribution in [-0.4, -0.2) is 29.4 Å². The molecule has 0 saturated carbocycles. The number of nitrogens with zero attached hydrogens (tertiary/aromatic N) is 2. The summed E-state index contributed by atoms with van der Waals surface area (Å²) in [7, 11) is 1.31. The molecule has 0 aliphatic carbocycles. The SMILES string of the molecule is CCNc1nn(-c2cccc(Br)c2)c(N)c1C(=O)OC. The third kappa shape index (κ3) is 2.62. The van der Waals surface area contributed by atoms with Crippen LogP contribution < -0.4 is 11.1 Å². The quantitative estimate of drug-likeness (QED) is 0.836. The van der Waals surface area contributed by atoms with Gasteiger partial charge >= 0.3 is 5.97 Å². The fourth-order valence-electron chi connectivity index (χ4n) is 1.83. The van der Waals surface area contributed by atoms with Crippen molar-refractivity contribution < 1.29 is 9.53 Å². The number of rotatable bonds is 4. The van der Waals surface area contributed by atoms with Gasteiger partial charge in [-0.3, -0.25) is 0 Å². The molecule has 3 N–H and O–H groups in total. The molecule has 0 radical (unpaired) electrons. The molecule has 0 aliphatic rings. The van der Waals surface area contributed by atoms with Crippen LogP contribution in [0.3, 0.4) is 0 Å². The van der Waals surface area contributed by atoms with Gasteiger partial charge in [-0.05, 0) is 25.1 Å². The van der Waals surface area contributed by atoms with Crippen molar-refractivity contribution in [3.63, 3.8) is 0 Å². The molecule has 0 spiro atoms. The summed E-state index contributed by atoms with van der Waals surface area (Å²) in [6.07, 6.45) is 0. The first-order valence-corrected chi connectivity index (χ1v) is 6.84. The summed E-state index contributed by atoms with van der Waals surface area (Å²) in [6.45, 7) is 2.54. The number of nitrogens with one attached hydrogen (secondary N) is 1. The first-order valence-electron chi connectivity index (χ1n) is 6.05. The molecule has 0 bridgehead atoms. The number of hydrogen-bond acceptors (Lipinski definition) is 5. The first-order chi connectivity index (χ1) is 9.58. The molecule has 2 aromatic rings. The van der Waals surface area contributed by atoms with E-state index >= 15 is 0 Å².